The van der Waals surface area contributed by atoms with Gasteiger partial charge in [-0.3, -0.25) is 4.79 Å². The van der Waals surface area contributed by atoms with E-state index in [1.54, 1.807) is 7.11 Å². The molecule has 0 saturated carbocycles. The fraction of sp³-hybridized carbons (Fsp3) is 0.269. The lowest BCUT2D eigenvalue weighted by atomic mass is 9.81. The van der Waals surface area contributed by atoms with Gasteiger partial charge in [-0.2, -0.15) is 0 Å². The van der Waals surface area contributed by atoms with E-state index in [0.29, 0.717) is 32.8 Å². The molecule has 5 nitrogen and oxygen atoms in total. The average molecular weight is 415 g/mol. The molecule has 0 aliphatic carbocycles. The van der Waals surface area contributed by atoms with Gasteiger partial charge in [0.15, 0.2) is 0 Å². The van der Waals surface area contributed by atoms with Crippen LogP contribution in [0.3, 0.4) is 0 Å². The molecule has 0 radical (unpaired) electrons. The highest BCUT2D eigenvalue weighted by Crippen LogP contribution is 2.48. The van der Waals surface area contributed by atoms with E-state index < -0.39 is 5.41 Å². The van der Waals surface area contributed by atoms with Crippen LogP contribution in [0.25, 0.3) is 0 Å². The second kappa shape index (κ2) is 8.08. The third-order valence-corrected chi connectivity index (χ3v) is 6.20. The van der Waals surface area contributed by atoms with E-state index in [-0.39, 0.29) is 5.91 Å². The quantitative estimate of drug-likeness (QED) is 0.596. The van der Waals surface area contributed by atoms with E-state index >= 15 is 0 Å². The summed E-state index contributed by atoms with van der Waals surface area (Å²) < 4.78 is 17.0. The third-order valence-electron chi connectivity index (χ3n) is 6.20. The van der Waals surface area contributed by atoms with Crippen LogP contribution in [0.1, 0.15) is 23.1 Å². The molecule has 2 heterocycles. The summed E-state index contributed by atoms with van der Waals surface area (Å²) in [5, 5.41) is 0. The maximum atomic E-state index is 13.6. The van der Waals surface area contributed by atoms with Crippen LogP contribution in [0, 0.1) is 0 Å². The molecule has 2 aliphatic rings. The van der Waals surface area contributed by atoms with Gasteiger partial charge < -0.3 is 19.1 Å². The van der Waals surface area contributed by atoms with Crippen molar-refractivity contribution in [1.82, 2.24) is 0 Å². The smallest absolute Gasteiger partial charge is 0.240 e. The number of nitrogens with zero attached hydrogens (tertiary/aromatic N) is 1. The summed E-state index contributed by atoms with van der Waals surface area (Å²) in [6, 6.07) is 23.9. The van der Waals surface area contributed by atoms with E-state index in [1.165, 1.54) is 0 Å². The Kier molecular flexibility index (Phi) is 5.12. The Morgan fingerprint density at radius 1 is 0.968 bits per heavy atom. The summed E-state index contributed by atoms with van der Waals surface area (Å²) in [4.78, 5) is 15.5. The van der Waals surface area contributed by atoms with E-state index in [4.69, 9.17) is 14.2 Å². The predicted octanol–water partition coefficient (Wildman–Crippen LogP) is 4.48. The Morgan fingerprint density at radius 3 is 2.45 bits per heavy atom. The first kappa shape index (κ1) is 19.6. The van der Waals surface area contributed by atoms with Gasteiger partial charge in [-0.15, -0.1) is 0 Å². The molecule has 1 amide bonds. The van der Waals surface area contributed by atoms with Gasteiger partial charge >= 0.3 is 0 Å². The van der Waals surface area contributed by atoms with Crippen LogP contribution in [0.4, 0.5) is 5.69 Å². The Labute approximate surface area is 182 Å². The maximum Gasteiger partial charge on any atom is 0.240 e. The van der Waals surface area contributed by atoms with Gasteiger partial charge in [-0.25, -0.2) is 0 Å². The van der Waals surface area contributed by atoms with Crippen LogP contribution in [-0.2, 0) is 28.1 Å². The number of ether oxygens (including phenoxy) is 3. The van der Waals surface area contributed by atoms with E-state index in [1.807, 2.05) is 77.7 Å². The third kappa shape index (κ3) is 3.55. The number of methoxy groups -OCH3 is 1. The van der Waals surface area contributed by atoms with Crippen LogP contribution < -0.4 is 14.4 Å². The van der Waals surface area contributed by atoms with Crippen molar-refractivity contribution in [3.8, 4) is 11.5 Å². The number of hydrogen-bond donors (Lipinski definition) is 0. The van der Waals surface area contributed by atoms with Crippen molar-refractivity contribution in [2.75, 3.05) is 25.2 Å². The van der Waals surface area contributed by atoms with Crippen LogP contribution >= 0.6 is 0 Å². The number of anilines is 1. The Morgan fingerprint density at radius 2 is 1.74 bits per heavy atom. The topological polar surface area (TPSA) is 48.0 Å². The molecule has 1 unspecified atom stereocenters. The monoisotopic (exact) mass is 415 g/mol. The molecule has 0 bridgehead atoms. The molecular formula is C26H25NO4. The maximum absolute atomic E-state index is 13.6. The zero-order valence-corrected chi connectivity index (χ0v) is 17.5. The molecule has 2 aliphatic heterocycles. The molecule has 1 spiro atoms. The summed E-state index contributed by atoms with van der Waals surface area (Å²) in [5.41, 5.74) is 3.52. The number of rotatable bonds is 6. The molecule has 0 aromatic heterocycles. The van der Waals surface area contributed by atoms with Crippen molar-refractivity contribution in [2.45, 2.75) is 25.0 Å². The van der Waals surface area contributed by atoms with Crippen LogP contribution in [0.5, 0.6) is 11.5 Å². The number of carbonyl (C=O) groups excluding carboxylic acids is 1. The second-order valence-corrected chi connectivity index (χ2v) is 8.08. The summed E-state index contributed by atoms with van der Waals surface area (Å²) in [6.45, 7) is 2.02. The van der Waals surface area contributed by atoms with Gasteiger partial charge in [0, 0.05) is 12.7 Å². The SMILES string of the molecule is COc1ccc(CN2C(=O)C3(CCOC3)c3ccc(OCc4ccccc4)cc32)cc1. The highest BCUT2D eigenvalue weighted by Gasteiger charge is 2.53. The zero-order chi connectivity index (χ0) is 21.3. The fourth-order valence-electron chi connectivity index (χ4n) is 4.47. The van der Waals surface area contributed by atoms with Gasteiger partial charge in [0.25, 0.3) is 0 Å². The molecule has 0 N–H and O–H groups in total. The number of benzene rings is 3. The van der Waals surface area contributed by atoms with Gasteiger partial charge in [0.05, 0.1) is 25.9 Å². The first-order chi connectivity index (χ1) is 15.2. The Hall–Kier alpha value is -3.31. The lowest BCUT2D eigenvalue weighted by molar-refractivity contribution is -0.123. The molecule has 31 heavy (non-hydrogen) atoms. The van der Waals surface area contributed by atoms with E-state index in [9.17, 15) is 4.79 Å². The largest absolute Gasteiger partial charge is 0.497 e. The lowest BCUT2D eigenvalue weighted by Gasteiger charge is -2.22. The molecule has 1 fully saturated rings. The first-order valence-electron chi connectivity index (χ1n) is 10.5. The van der Waals surface area contributed by atoms with E-state index in [0.717, 1.165) is 33.9 Å². The Bertz CT molecular complexity index is 1070. The fourth-order valence-corrected chi connectivity index (χ4v) is 4.47. The lowest BCUT2D eigenvalue weighted by Crippen LogP contribution is -2.40. The van der Waals surface area contributed by atoms with Gasteiger partial charge in [-0.05, 0) is 41.3 Å². The van der Waals surface area contributed by atoms with Gasteiger partial charge in [0.2, 0.25) is 5.91 Å². The normalized spacial score (nSPS) is 19.6. The molecule has 158 valence electrons. The number of amides is 1. The summed E-state index contributed by atoms with van der Waals surface area (Å²) in [5.74, 6) is 1.66. The standard InChI is InChI=1S/C26H25NO4/c1-29-21-9-7-19(8-10-21)16-27-24-15-22(31-17-20-5-3-2-4-6-20)11-12-23(24)26(25(27)28)13-14-30-18-26/h2-12,15H,13-14,16-18H2,1H3. The highest BCUT2D eigenvalue weighted by atomic mass is 16.5. The molecule has 5 heteroatoms. The Balaban J connectivity index is 1.45. The molecule has 5 rings (SSSR count). The average Bonchev–Trinajstić information content (AvgIpc) is 3.40. The molecule has 1 saturated heterocycles. The predicted molar refractivity (Wildman–Crippen MR) is 119 cm³/mol. The zero-order valence-electron chi connectivity index (χ0n) is 17.5. The van der Waals surface area contributed by atoms with Crippen molar-refractivity contribution in [2.24, 2.45) is 0 Å². The molecule has 3 aromatic rings. The number of carbonyl (C=O) groups is 1. The molecule has 1 atom stereocenters. The summed E-state index contributed by atoms with van der Waals surface area (Å²) in [7, 11) is 1.65. The van der Waals surface area contributed by atoms with Crippen molar-refractivity contribution in [3.63, 3.8) is 0 Å². The number of hydrogen-bond acceptors (Lipinski definition) is 4. The minimum absolute atomic E-state index is 0.107. The van der Waals surface area contributed by atoms with Gasteiger partial charge in [-0.1, -0.05) is 48.5 Å². The van der Waals surface area contributed by atoms with Crippen LogP contribution in [0.15, 0.2) is 72.8 Å². The summed E-state index contributed by atoms with van der Waals surface area (Å²) >= 11 is 0. The first-order valence-corrected chi connectivity index (χ1v) is 10.5. The minimum Gasteiger partial charge on any atom is -0.497 e. The van der Waals surface area contributed by atoms with Crippen molar-refractivity contribution in [1.29, 1.82) is 0 Å². The second-order valence-electron chi connectivity index (χ2n) is 8.08. The minimum atomic E-state index is -0.584. The van der Waals surface area contributed by atoms with Crippen molar-refractivity contribution < 1.29 is 19.0 Å². The van der Waals surface area contributed by atoms with E-state index in [2.05, 4.69) is 0 Å². The van der Waals surface area contributed by atoms with Crippen molar-refractivity contribution in [3.05, 3.63) is 89.5 Å². The molecule has 3 aromatic carbocycles. The summed E-state index contributed by atoms with van der Waals surface area (Å²) in [6.07, 6.45) is 0.710. The van der Waals surface area contributed by atoms with Crippen molar-refractivity contribution >= 4 is 11.6 Å². The van der Waals surface area contributed by atoms with Crippen LogP contribution in [0.2, 0.25) is 0 Å². The molecular weight excluding hydrogens is 390 g/mol. The van der Waals surface area contributed by atoms with Gasteiger partial charge in [0.1, 0.15) is 23.5 Å². The number of fused-ring (bicyclic) bond motifs is 2. The van der Waals surface area contributed by atoms with Crippen LogP contribution in [-0.4, -0.2) is 26.2 Å². The highest BCUT2D eigenvalue weighted by molar-refractivity contribution is 6.08.